The Labute approximate surface area is 549 Å². The highest BCUT2D eigenvalue weighted by atomic mass is 19.1. The van der Waals surface area contributed by atoms with Gasteiger partial charge in [-0.1, -0.05) is 24.1 Å². The Morgan fingerprint density at radius 3 is 1.76 bits per heavy atom. The first-order valence-electron chi connectivity index (χ1n) is 35.9. The number of anilines is 3. The number of hydrogen-bond acceptors (Lipinski definition) is 11. The molecule has 2 aliphatic carbocycles. The zero-order valence-corrected chi connectivity index (χ0v) is 56.2. The van der Waals surface area contributed by atoms with E-state index in [1.165, 1.54) is 75.0 Å². The minimum absolute atomic E-state index is 0.0750. The summed E-state index contributed by atoms with van der Waals surface area (Å²) in [6.07, 6.45) is 20.0. The normalized spacial score (nSPS) is 27.5. The molecule has 3 spiro atoms. The van der Waals surface area contributed by atoms with E-state index in [2.05, 4.69) is 50.2 Å². The summed E-state index contributed by atoms with van der Waals surface area (Å²) < 4.78 is 41.1. The van der Waals surface area contributed by atoms with Gasteiger partial charge >= 0.3 is 18.2 Å². The first-order valence-corrected chi connectivity index (χ1v) is 35.9. The maximum Gasteiger partial charge on any atom is 0.410 e. The molecule has 19 heteroatoms. The lowest BCUT2D eigenvalue weighted by atomic mass is 9.73. The first kappa shape index (κ1) is 64.1. The number of carbonyl (C=O) groups excluding carboxylic acids is 4. The number of benzene rings is 3. The number of ether oxygens (including phenoxy) is 2. The molecular formula is C74H101F2N11O6. The highest BCUT2D eigenvalue weighted by Gasteiger charge is 2.53. The number of piperidine rings is 5. The van der Waals surface area contributed by atoms with E-state index < -0.39 is 0 Å². The van der Waals surface area contributed by atoms with Gasteiger partial charge in [0.05, 0.1) is 12.7 Å². The molecule has 5 amide bonds. The van der Waals surface area contributed by atoms with Crippen LogP contribution in [0.2, 0.25) is 0 Å². The molecule has 12 aliphatic rings. The van der Waals surface area contributed by atoms with Gasteiger partial charge in [0.25, 0.3) is 5.91 Å². The number of rotatable bonds is 6. The van der Waals surface area contributed by atoms with Crippen LogP contribution >= 0.6 is 0 Å². The topological polar surface area (TPSA) is 143 Å². The molecule has 502 valence electrons. The lowest BCUT2D eigenvalue weighted by molar-refractivity contribution is 0.0175. The number of nitrogens with one attached hydrogen (secondary N) is 1. The van der Waals surface area contributed by atoms with Crippen molar-refractivity contribution in [3.05, 3.63) is 106 Å². The van der Waals surface area contributed by atoms with E-state index in [1.54, 1.807) is 34.5 Å². The first-order chi connectivity index (χ1) is 44.9. The molecule has 11 heterocycles. The summed E-state index contributed by atoms with van der Waals surface area (Å²) in [6.45, 7) is 22.0. The molecule has 1 aromatic heterocycles. The third-order valence-corrected chi connectivity index (χ3v) is 24.8. The maximum absolute atomic E-state index is 14.5. The van der Waals surface area contributed by atoms with Gasteiger partial charge in [0, 0.05) is 122 Å². The summed E-state index contributed by atoms with van der Waals surface area (Å²) in [7, 11) is 1.83. The van der Waals surface area contributed by atoms with E-state index >= 15 is 0 Å². The molecular weight excluding hydrogens is 1180 g/mol. The van der Waals surface area contributed by atoms with Gasteiger partial charge in [-0.3, -0.25) is 14.4 Å². The molecule has 0 radical (unpaired) electrons. The van der Waals surface area contributed by atoms with Gasteiger partial charge in [0.15, 0.2) is 5.69 Å². The van der Waals surface area contributed by atoms with Crippen LogP contribution in [0.4, 0.5) is 40.2 Å². The second-order valence-electron chi connectivity index (χ2n) is 30.4. The summed E-state index contributed by atoms with van der Waals surface area (Å²) in [5, 5.41) is 8.09. The highest BCUT2D eigenvalue weighted by Crippen LogP contribution is 2.53. The predicted molar refractivity (Wildman–Crippen MR) is 357 cm³/mol. The number of aryl methyl sites for hydroxylation is 3. The van der Waals surface area contributed by atoms with Gasteiger partial charge in [-0.05, 0) is 260 Å². The van der Waals surface area contributed by atoms with Crippen molar-refractivity contribution in [1.29, 1.82) is 0 Å². The molecule has 5 atom stereocenters. The maximum atomic E-state index is 14.5. The minimum atomic E-state index is -0.259. The number of nitrogens with zero attached hydrogens (tertiary/aromatic N) is 10. The summed E-state index contributed by atoms with van der Waals surface area (Å²) >= 11 is 0. The molecule has 4 bridgehead atoms. The number of amides is 5. The van der Waals surface area contributed by atoms with E-state index in [-0.39, 0.29) is 64.8 Å². The predicted octanol–water partition coefficient (Wildman–Crippen LogP) is 12.2. The SMILES string of the molecule is CCOC(=O)N1CCC(N2CCC3(CC2)CN(C(=O)N2CCCC2)c2ccc(F)cc23)CC1.Cc1cc(C(=O)N2CC3(CCN(C4CC5CCC(C4)N5C(=O)OC(C)C)CC3)c3cc(F)ccc32)nn1C.Cc1ccc2c(c1)C1(CCN([C@@H]3CC4CC[C@@H]3C4)CC1)CN2. The van der Waals surface area contributed by atoms with E-state index in [1.807, 2.05) is 65.3 Å². The van der Waals surface area contributed by atoms with Gasteiger partial charge < -0.3 is 49.1 Å². The molecule has 3 aromatic carbocycles. The standard InChI is InChI=1S/C29H38FN5O3.C25H35FN4O3.C20H28N2/c1-18(2)38-28(37)35-21-6-7-22(35)16-23(15-21)33-11-9-29(10-12-33)17-34(26-8-5-20(30)14-24(26)29)27(36)25-13-19(3)32(4)31-25;1-2-33-24(32)29-13-7-20(8-14-29)27-15-9-25(10-16-27)18-30(23(31)28-11-3-4-12-28)22-6-5-19(26)17-21(22)25;1-14-2-5-18-17(10-14)20(13-21-18)6-8-22(9-7-20)19-12-15-3-4-16(19)11-15/h5,8,13-14,18,21-23H,6-7,9-12,15-17H2,1-4H3;5-6,17,20H,2-4,7-16,18H2,1H3;2,5,10,15-16,19,21H,3-4,6-9,11-13H2,1H3/t;;15?,16-,19-/m..1/s1. The van der Waals surface area contributed by atoms with E-state index in [4.69, 9.17) is 9.47 Å². The van der Waals surface area contributed by atoms with Crippen LogP contribution in [0.15, 0.2) is 60.7 Å². The van der Waals surface area contributed by atoms with Crippen molar-refractivity contribution >= 4 is 41.2 Å². The Bertz CT molecular complexity index is 3380. The molecule has 7 saturated heterocycles. The lowest BCUT2D eigenvalue weighted by Gasteiger charge is -2.47. The lowest BCUT2D eigenvalue weighted by Crippen LogP contribution is -2.55. The zero-order valence-electron chi connectivity index (χ0n) is 56.2. The van der Waals surface area contributed by atoms with Crippen molar-refractivity contribution in [1.82, 2.24) is 39.2 Å². The van der Waals surface area contributed by atoms with Crippen LogP contribution in [-0.2, 0) is 32.8 Å². The van der Waals surface area contributed by atoms with Gasteiger partial charge in [0.1, 0.15) is 11.6 Å². The highest BCUT2D eigenvalue weighted by molar-refractivity contribution is 6.06. The van der Waals surface area contributed by atoms with Crippen molar-refractivity contribution in [2.75, 3.05) is 107 Å². The number of halogens is 2. The van der Waals surface area contributed by atoms with Crippen LogP contribution in [0.25, 0.3) is 0 Å². The van der Waals surface area contributed by atoms with Gasteiger partial charge in [-0.2, -0.15) is 5.10 Å². The summed E-state index contributed by atoms with van der Waals surface area (Å²) in [5.74, 6) is 1.50. The van der Waals surface area contributed by atoms with Crippen LogP contribution in [0, 0.1) is 37.3 Å². The average Bonchev–Trinajstić information content (AvgIpc) is 1.62. The Balaban J connectivity index is 0.000000125. The van der Waals surface area contributed by atoms with Crippen molar-refractivity contribution < 1.29 is 37.4 Å². The quantitative estimate of drug-likeness (QED) is 0.197. The van der Waals surface area contributed by atoms with Crippen molar-refractivity contribution in [3.8, 4) is 0 Å². The Morgan fingerprint density at radius 2 is 1.19 bits per heavy atom. The second-order valence-corrected chi connectivity index (χ2v) is 30.4. The van der Waals surface area contributed by atoms with Crippen molar-refractivity contribution in [2.45, 2.75) is 203 Å². The molecule has 3 unspecified atom stereocenters. The molecule has 9 fully saturated rings. The van der Waals surface area contributed by atoms with Crippen LogP contribution in [0.1, 0.15) is 175 Å². The fourth-order valence-corrected chi connectivity index (χ4v) is 19.6. The van der Waals surface area contributed by atoms with Crippen LogP contribution < -0.4 is 15.1 Å². The second kappa shape index (κ2) is 26.0. The zero-order chi connectivity index (χ0) is 64.5. The molecule has 2 saturated carbocycles. The molecule has 1 N–H and O–H groups in total. The Kier molecular flexibility index (Phi) is 17.9. The van der Waals surface area contributed by atoms with E-state index in [0.29, 0.717) is 42.9 Å². The smallest absolute Gasteiger partial charge is 0.410 e. The molecule has 10 aliphatic heterocycles. The molecule has 17 nitrogen and oxygen atoms in total. The van der Waals surface area contributed by atoms with E-state index in [0.717, 1.165) is 182 Å². The molecule has 16 rings (SSSR count). The molecule has 4 aromatic rings. The Morgan fingerprint density at radius 1 is 0.602 bits per heavy atom. The number of fused-ring (bicyclic) bond motifs is 10. The Hall–Kier alpha value is -6.31. The number of hydrogen-bond donors (Lipinski definition) is 1. The van der Waals surface area contributed by atoms with E-state index in [9.17, 15) is 28.0 Å². The van der Waals surface area contributed by atoms with Crippen LogP contribution in [0.3, 0.4) is 0 Å². The molecule has 93 heavy (non-hydrogen) atoms. The monoisotopic (exact) mass is 1280 g/mol. The number of urea groups is 1. The third kappa shape index (κ3) is 12.3. The number of carbonyl (C=O) groups is 4. The summed E-state index contributed by atoms with van der Waals surface area (Å²) in [5.41, 5.74) is 9.43. The van der Waals surface area contributed by atoms with Crippen molar-refractivity contribution in [2.24, 2.45) is 18.9 Å². The van der Waals surface area contributed by atoms with Gasteiger partial charge in [0.2, 0.25) is 0 Å². The van der Waals surface area contributed by atoms with Gasteiger partial charge in [-0.25, -0.2) is 23.2 Å². The number of likely N-dealkylation sites (tertiary alicyclic amines) is 5. The summed E-state index contributed by atoms with van der Waals surface area (Å²) in [6, 6.07) is 21.0. The van der Waals surface area contributed by atoms with Gasteiger partial charge in [-0.15, -0.1) is 0 Å². The fourth-order valence-electron chi connectivity index (χ4n) is 19.6. The minimum Gasteiger partial charge on any atom is -0.450 e. The van der Waals surface area contributed by atoms with Crippen molar-refractivity contribution in [3.63, 3.8) is 0 Å². The summed E-state index contributed by atoms with van der Waals surface area (Å²) in [4.78, 5) is 69.0. The largest absolute Gasteiger partial charge is 0.450 e. The average molecular weight is 1280 g/mol. The third-order valence-electron chi connectivity index (χ3n) is 24.8. The van der Waals surface area contributed by atoms with Crippen LogP contribution in [-0.4, -0.2) is 191 Å². The van der Waals surface area contributed by atoms with Crippen LogP contribution in [0.5, 0.6) is 0 Å². The fraction of sp³-hybridized carbons (Fsp3) is 0.662. The number of aromatic nitrogens is 2.